The molecule has 2 fully saturated rings. The van der Waals surface area contributed by atoms with E-state index in [-0.39, 0.29) is 30.4 Å². The second kappa shape index (κ2) is 13.6. The van der Waals surface area contributed by atoms with Crippen LogP contribution in [0.25, 0.3) is 21.9 Å². The van der Waals surface area contributed by atoms with Crippen LogP contribution in [0.5, 0.6) is 5.75 Å². The Kier molecular flexibility index (Phi) is 9.52. The minimum atomic E-state index is -2.76. The number of piperidine rings is 1. The minimum absolute atomic E-state index is 0.0394. The Labute approximate surface area is 278 Å². The molecule has 2 N–H and O–H groups in total. The molecule has 0 aromatic heterocycles. The second-order valence-electron chi connectivity index (χ2n) is 13.5. The molecule has 1 aliphatic heterocycles. The zero-order valence-corrected chi connectivity index (χ0v) is 27.5. The summed E-state index contributed by atoms with van der Waals surface area (Å²) in [5.41, 5.74) is 4.12. The van der Waals surface area contributed by atoms with Crippen LogP contribution in [0.3, 0.4) is 0 Å². The Morgan fingerprint density at radius 3 is 2.38 bits per heavy atom. The summed E-state index contributed by atoms with van der Waals surface area (Å²) in [6.07, 6.45) is 1.65. The number of carbonyl (C=O) groups is 2. The number of nitrogens with zero attached hydrogens (tertiary/aromatic N) is 1. The van der Waals surface area contributed by atoms with Crippen LogP contribution in [0.15, 0.2) is 66.7 Å². The van der Waals surface area contributed by atoms with E-state index in [1.165, 1.54) is 31.4 Å². The van der Waals surface area contributed by atoms with Crippen molar-refractivity contribution < 1.29 is 32.6 Å². The lowest BCUT2D eigenvalue weighted by Gasteiger charge is -2.35. The predicted molar refractivity (Wildman–Crippen MR) is 180 cm³/mol. The molecule has 6 rings (SSSR count). The molecule has 1 aliphatic carbocycles. The summed E-state index contributed by atoms with van der Waals surface area (Å²) in [5, 5.41) is 14.3. The highest BCUT2D eigenvalue weighted by molar-refractivity contribution is 6.01. The summed E-state index contributed by atoms with van der Waals surface area (Å²) in [6, 6.07) is 19.1. The number of amides is 1. The average Bonchev–Trinajstić information content (AvgIpc) is 3.03. The van der Waals surface area contributed by atoms with Crippen molar-refractivity contribution in [3.05, 3.63) is 100 Å². The molecule has 1 saturated carbocycles. The zero-order valence-electron chi connectivity index (χ0n) is 27.5. The Balaban J connectivity index is 1.23. The highest BCUT2D eigenvalue weighted by Crippen LogP contribution is 2.48. The van der Waals surface area contributed by atoms with Crippen LogP contribution in [0.2, 0.25) is 0 Å². The number of carbonyl (C=O) groups excluding carboxylic acids is 1. The Hall–Kier alpha value is -4.37. The van der Waals surface area contributed by atoms with Crippen molar-refractivity contribution in [1.82, 2.24) is 10.2 Å². The largest absolute Gasteiger partial charge is 0.496 e. The van der Waals surface area contributed by atoms with Gasteiger partial charge in [0.1, 0.15) is 17.6 Å². The maximum Gasteiger partial charge on any atom is 0.326 e. The lowest BCUT2D eigenvalue weighted by Crippen LogP contribution is -2.43. The Bertz CT molecular complexity index is 1820. The number of nitrogens with one attached hydrogen (secondary N) is 1. The fourth-order valence-corrected chi connectivity index (χ4v) is 7.16. The summed E-state index contributed by atoms with van der Waals surface area (Å²) in [5.74, 6) is -4.71. The number of aliphatic carboxylic acids is 1. The fourth-order valence-electron chi connectivity index (χ4n) is 7.16. The van der Waals surface area contributed by atoms with Crippen molar-refractivity contribution in [3.63, 3.8) is 0 Å². The predicted octanol–water partition coefficient (Wildman–Crippen LogP) is 8.13. The molecule has 1 amide bonds. The van der Waals surface area contributed by atoms with Crippen LogP contribution in [0, 0.1) is 18.7 Å². The van der Waals surface area contributed by atoms with E-state index in [9.17, 15) is 23.5 Å². The van der Waals surface area contributed by atoms with Gasteiger partial charge in [0.15, 0.2) is 0 Å². The third-order valence-electron chi connectivity index (χ3n) is 9.98. The van der Waals surface area contributed by atoms with Gasteiger partial charge >= 0.3 is 5.97 Å². The van der Waals surface area contributed by atoms with Crippen molar-refractivity contribution in [3.8, 4) is 16.9 Å². The van der Waals surface area contributed by atoms with Crippen molar-refractivity contribution in [1.29, 1.82) is 0 Å². The molecule has 4 aromatic rings. The molecule has 0 bridgehead atoms. The minimum Gasteiger partial charge on any atom is -0.496 e. The van der Waals surface area contributed by atoms with Gasteiger partial charge in [0.2, 0.25) is 5.92 Å². The summed E-state index contributed by atoms with van der Waals surface area (Å²) >= 11 is 0. The number of carboxylic acids is 1. The number of halogens is 3. The highest BCUT2D eigenvalue weighted by Gasteiger charge is 2.46. The molecule has 2 aliphatic rings. The molecule has 4 aromatic carbocycles. The number of aryl methyl sites for hydroxylation is 1. The number of carboxylic acid groups (broad SMARTS) is 1. The molecular formula is C39H41F3N2O4. The molecule has 0 spiro atoms. The SMILES string of the molecule is COc1cc(CN2CCC(C)CC2)ccc1-c1cccc2c(C[C@H](NC(=O)c3c(C)cc(C4CC(F)(F)C4)cc3F)C(=O)O)cccc12. The van der Waals surface area contributed by atoms with E-state index in [0.29, 0.717) is 11.1 Å². The molecular weight excluding hydrogens is 617 g/mol. The van der Waals surface area contributed by atoms with Crippen LogP contribution in [-0.2, 0) is 17.8 Å². The second-order valence-corrected chi connectivity index (χ2v) is 13.5. The van der Waals surface area contributed by atoms with Crippen LogP contribution < -0.4 is 10.1 Å². The summed E-state index contributed by atoms with van der Waals surface area (Å²) in [4.78, 5) is 28.1. The lowest BCUT2D eigenvalue weighted by atomic mass is 9.76. The number of likely N-dealkylation sites (tertiary alicyclic amines) is 1. The first-order valence-corrected chi connectivity index (χ1v) is 16.5. The molecule has 48 heavy (non-hydrogen) atoms. The van der Waals surface area contributed by atoms with Crippen LogP contribution in [0.4, 0.5) is 13.2 Å². The number of alkyl halides is 2. The van der Waals surface area contributed by atoms with Crippen molar-refractivity contribution >= 4 is 22.6 Å². The maximum atomic E-state index is 15.2. The molecule has 0 radical (unpaired) electrons. The molecule has 1 heterocycles. The van der Waals surface area contributed by atoms with Gasteiger partial charge in [-0.15, -0.1) is 0 Å². The summed E-state index contributed by atoms with van der Waals surface area (Å²) in [7, 11) is 1.66. The van der Waals surface area contributed by atoms with E-state index in [1.807, 2.05) is 36.4 Å². The molecule has 252 valence electrons. The smallest absolute Gasteiger partial charge is 0.326 e. The normalized spacial score (nSPS) is 17.5. The van der Waals surface area contributed by atoms with Crippen LogP contribution in [0.1, 0.15) is 71.1 Å². The van der Waals surface area contributed by atoms with Gasteiger partial charge in [-0.05, 0) is 95.4 Å². The van der Waals surface area contributed by atoms with E-state index in [0.717, 1.165) is 59.3 Å². The van der Waals surface area contributed by atoms with Crippen molar-refractivity contribution in [2.45, 2.75) is 70.4 Å². The van der Waals surface area contributed by atoms with Crippen LogP contribution >= 0.6 is 0 Å². The first kappa shape index (κ1) is 33.5. The zero-order chi connectivity index (χ0) is 34.2. The number of hydrogen-bond donors (Lipinski definition) is 2. The monoisotopic (exact) mass is 658 g/mol. The molecule has 1 atom stereocenters. The summed E-state index contributed by atoms with van der Waals surface area (Å²) in [6.45, 7) is 6.85. The van der Waals surface area contributed by atoms with Gasteiger partial charge in [-0.2, -0.15) is 0 Å². The standard InChI is InChI=1S/C39H41F3N2O4/c1-23-12-14-44(15-13-23)22-25-10-11-32(35(17-25)48-3)31-9-5-7-29-26(6-4-8-30(29)31)19-34(38(46)47)43-37(45)36-24(2)16-27(18-33(36)40)28-20-39(41,42)21-28/h4-11,16-18,23,28,34H,12-15,19-22H2,1-3H3,(H,43,45)(H,46,47)/t34-/m0/s1. The van der Waals surface area contributed by atoms with Gasteiger partial charge in [-0.1, -0.05) is 61.5 Å². The van der Waals surface area contributed by atoms with Gasteiger partial charge in [0.05, 0.1) is 12.7 Å². The van der Waals surface area contributed by atoms with E-state index < -0.39 is 35.6 Å². The molecule has 1 saturated heterocycles. The average molecular weight is 659 g/mol. The third kappa shape index (κ3) is 7.06. The number of fused-ring (bicyclic) bond motifs is 1. The van der Waals surface area contributed by atoms with E-state index in [1.54, 1.807) is 7.11 Å². The number of benzene rings is 4. The Morgan fingerprint density at radius 1 is 1.00 bits per heavy atom. The van der Waals surface area contributed by atoms with Gasteiger partial charge in [0, 0.05) is 31.4 Å². The van der Waals surface area contributed by atoms with E-state index >= 15 is 4.39 Å². The van der Waals surface area contributed by atoms with Gasteiger partial charge in [0.25, 0.3) is 5.91 Å². The number of rotatable bonds is 10. The van der Waals surface area contributed by atoms with E-state index in [4.69, 9.17) is 4.74 Å². The molecule has 6 nitrogen and oxygen atoms in total. The quantitative estimate of drug-likeness (QED) is 0.180. The van der Waals surface area contributed by atoms with Crippen LogP contribution in [-0.4, -0.2) is 54.0 Å². The first-order chi connectivity index (χ1) is 22.9. The van der Waals surface area contributed by atoms with E-state index in [2.05, 4.69) is 35.3 Å². The number of methoxy groups -OCH3 is 1. The first-order valence-electron chi connectivity index (χ1n) is 16.5. The molecule has 0 unspecified atom stereocenters. The van der Waals surface area contributed by atoms with Gasteiger partial charge in [-0.3, -0.25) is 9.69 Å². The fraction of sp³-hybridized carbons (Fsp3) is 0.385. The lowest BCUT2D eigenvalue weighted by molar-refractivity contribution is -0.139. The topological polar surface area (TPSA) is 78.9 Å². The van der Waals surface area contributed by atoms with Crippen molar-refractivity contribution in [2.24, 2.45) is 5.92 Å². The molecule has 9 heteroatoms. The highest BCUT2D eigenvalue weighted by atomic mass is 19.3. The Morgan fingerprint density at radius 2 is 1.71 bits per heavy atom. The van der Waals surface area contributed by atoms with Gasteiger partial charge in [-0.25, -0.2) is 18.0 Å². The van der Waals surface area contributed by atoms with Gasteiger partial charge < -0.3 is 15.2 Å². The summed E-state index contributed by atoms with van der Waals surface area (Å²) < 4.78 is 47.8. The number of ether oxygens (including phenoxy) is 1. The maximum absolute atomic E-state index is 15.2. The third-order valence-corrected chi connectivity index (χ3v) is 9.98. The van der Waals surface area contributed by atoms with Crippen molar-refractivity contribution in [2.75, 3.05) is 20.2 Å². The number of hydrogen-bond acceptors (Lipinski definition) is 4.